The Balaban J connectivity index is 1.59. The molecule has 0 saturated carbocycles. The molecule has 9 nitrogen and oxygen atoms in total. The van der Waals surface area contributed by atoms with Crippen LogP contribution in [0.25, 0.3) is 26.3 Å². The van der Waals surface area contributed by atoms with Gasteiger partial charge in [0.05, 0.1) is 17.6 Å². The molecule has 0 atom stereocenters. The molecule has 3 heterocycles. The van der Waals surface area contributed by atoms with Crippen LogP contribution in [0.1, 0.15) is 16.8 Å². The second-order valence-corrected chi connectivity index (χ2v) is 12.2. The molecule has 48 heavy (non-hydrogen) atoms. The molecule has 0 unspecified atom stereocenters. The number of anilines is 1. The molecular formula is C35H29F3N6O3S. The minimum Gasteiger partial charge on any atom is -0.351 e. The predicted octanol–water partition coefficient (Wildman–Crippen LogP) is 5.91. The summed E-state index contributed by atoms with van der Waals surface area (Å²) in [7, 11) is 1.89. The van der Waals surface area contributed by atoms with Crippen LogP contribution in [0.4, 0.5) is 23.7 Å². The van der Waals surface area contributed by atoms with Crippen molar-refractivity contribution in [3.05, 3.63) is 146 Å². The van der Waals surface area contributed by atoms with Gasteiger partial charge in [0, 0.05) is 47.5 Å². The van der Waals surface area contributed by atoms with E-state index in [1.807, 2.05) is 30.1 Å². The number of fused-ring (bicyclic) bond motifs is 1. The van der Waals surface area contributed by atoms with E-state index in [-0.39, 0.29) is 28.0 Å². The number of primary amides is 1. The summed E-state index contributed by atoms with van der Waals surface area (Å²) in [5.74, 6) is -2.26. The van der Waals surface area contributed by atoms with E-state index in [9.17, 15) is 27.6 Å². The van der Waals surface area contributed by atoms with Crippen molar-refractivity contribution in [1.82, 2.24) is 19.0 Å². The molecule has 0 radical (unpaired) electrons. The zero-order chi connectivity index (χ0) is 33.9. The number of amides is 2. The van der Waals surface area contributed by atoms with Crippen molar-refractivity contribution < 1.29 is 18.0 Å². The smallest absolute Gasteiger partial charge is 0.337 e. The predicted molar refractivity (Wildman–Crippen MR) is 180 cm³/mol. The van der Waals surface area contributed by atoms with Crippen molar-refractivity contribution in [3.8, 4) is 16.1 Å². The Bertz CT molecular complexity index is 2210. The Morgan fingerprint density at radius 2 is 1.62 bits per heavy atom. The molecule has 0 spiro atoms. The molecule has 0 saturated heterocycles. The topological polar surface area (TPSA) is 115 Å². The van der Waals surface area contributed by atoms with Crippen LogP contribution in [0.2, 0.25) is 0 Å². The summed E-state index contributed by atoms with van der Waals surface area (Å²) in [4.78, 5) is 47.2. The maximum absolute atomic E-state index is 15.0. The van der Waals surface area contributed by atoms with Gasteiger partial charge in [0.15, 0.2) is 0 Å². The van der Waals surface area contributed by atoms with Gasteiger partial charge in [-0.2, -0.15) is 0 Å². The van der Waals surface area contributed by atoms with Crippen molar-refractivity contribution >= 4 is 33.3 Å². The van der Waals surface area contributed by atoms with Gasteiger partial charge in [-0.3, -0.25) is 14.3 Å². The van der Waals surface area contributed by atoms with Gasteiger partial charge in [-0.05, 0) is 78.8 Å². The monoisotopic (exact) mass is 670 g/mol. The van der Waals surface area contributed by atoms with Crippen LogP contribution in [0.15, 0.2) is 101 Å². The molecule has 3 aromatic heterocycles. The van der Waals surface area contributed by atoms with Gasteiger partial charge in [-0.15, -0.1) is 11.3 Å². The molecular weight excluding hydrogens is 641 g/mol. The van der Waals surface area contributed by atoms with E-state index < -0.39 is 41.3 Å². The van der Waals surface area contributed by atoms with Crippen LogP contribution >= 0.6 is 11.3 Å². The quantitative estimate of drug-likeness (QED) is 0.188. The number of nitrogens with two attached hydrogens (primary N) is 1. The maximum atomic E-state index is 15.0. The number of benzene rings is 3. The Hall–Kier alpha value is -5.53. The highest BCUT2D eigenvalue weighted by molar-refractivity contribution is 7.22. The van der Waals surface area contributed by atoms with Crippen molar-refractivity contribution in [2.24, 2.45) is 5.73 Å². The standard InChI is InChI=1S/C35H29F3N6O3S/c1-42(18-16-23-5-2-3-17-40-23)19-27-30-32(45)44(25-14-10-22(36)11-15-25)35(47)43(20-26-28(37)6-4-7-29(26)38)33(30)48-31(27)21-8-12-24(13-9-21)41-34(39)46/h2-15,17H,16,18-20H2,1H3,(H3,39,41,46). The van der Waals surface area contributed by atoms with Gasteiger partial charge in [0.1, 0.15) is 22.3 Å². The molecule has 0 aliphatic rings. The molecule has 0 fully saturated rings. The second kappa shape index (κ2) is 13.7. The number of aromatic nitrogens is 3. The summed E-state index contributed by atoms with van der Waals surface area (Å²) < 4.78 is 45.9. The molecule has 6 rings (SSSR count). The number of likely N-dealkylation sites (N-methyl/N-ethyl adjacent to an activating group) is 1. The molecule has 3 aromatic carbocycles. The number of thiophene rings is 1. The molecule has 6 aromatic rings. The Morgan fingerprint density at radius 1 is 0.917 bits per heavy atom. The lowest BCUT2D eigenvalue weighted by Crippen LogP contribution is -2.39. The van der Waals surface area contributed by atoms with E-state index in [4.69, 9.17) is 5.73 Å². The lowest BCUT2D eigenvalue weighted by Gasteiger charge is -2.18. The summed E-state index contributed by atoms with van der Waals surface area (Å²) in [5.41, 5.74) is 6.11. The Labute approximate surface area is 276 Å². The molecule has 13 heteroatoms. The fraction of sp³-hybridized carbons (Fsp3) is 0.143. The third-order valence-corrected chi connectivity index (χ3v) is 9.16. The minimum absolute atomic E-state index is 0.0974. The van der Waals surface area contributed by atoms with Gasteiger partial charge in [-0.1, -0.05) is 24.3 Å². The number of hydrogen-bond donors (Lipinski definition) is 2. The number of halogens is 3. The molecule has 2 amide bonds. The first kappa shape index (κ1) is 32.4. The summed E-state index contributed by atoms with van der Waals surface area (Å²) in [6, 6.07) is 20.0. The second-order valence-electron chi connectivity index (χ2n) is 11.2. The number of hydrogen-bond acceptors (Lipinski definition) is 6. The first-order valence-electron chi connectivity index (χ1n) is 14.9. The number of carbonyl (C=O) groups excluding carboxylic acids is 1. The van der Waals surface area contributed by atoms with Crippen LogP contribution in [0.3, 0.4) is 0 Å². The summed E-state index contributed by atoms with van der Waals surface area (Å²) >= 11 is 1.14. The van der Waals surface area contributed by atoms with Crippen LogP contribution < -0.4 is 22.3 Å². The zero-order valence-electron chi connectivity index (χ0n) is 25.6. The zero-order valence-corrected chi connectivity index (χ0v) is 26.4. The van der Waals surface area contributed by atoms with Gasteiger partial charge in [0.25, 0.3) is 5.56 Å². The number of nitrogens with zero attached hydrogens (tertiary/aromatic N) is 4. The fourth-order valence-electron chi connectivity index (χ4n) is 5.50. The van der Waals surface area contributed by atoms with Gasteiger partial charge in [-0.25, -0.2) is 27.3 Å². The highest BCUT2D eigenvalue weighted by atomic mass is 32.1. The lowest BCUT2D eigenvalue weighted by molar-refractivity contribution is 0.259. The number of carbonyl (C=O) groups is 1. The third kappa shape index (κ3) is 6.64. The number of urea groups is 1. The van der Waals surface area contributed by atoms with Crippen molar-refractivity contribution in [2.45, 2.75) is 19.5 Å². The molecule has 3 N–H and O–H groups in total. The molecule has 0 aliphatic heterocycles. The first-order valence-corrected chi connectivity index (χ1v) is 15.7. The number of pyridine rings is 1. The first-order chi connectivity index (χ1) is 23.1. The SMILES string of the molecule is CN(CCc1ccccn1)Cc1c(-c2ccc(NC(N)=O)cc2)sc2c1c(=O)n(-c1ccc(F)cc1)c(=O)n2Cc1c(F)cccc1F. The molecule has 0 bridgehead atoms. The highest BCUT2D eigenvalue weighted by Crippen LogP contribution is 2.38. The lowest BCUT2D eigenvalue weighted by atomic mass is 10.1. The van der Waals surface area contributed by atoms with Crippen molar-refractivity contribution in [2.75, 3.05) is 18.9 Å². The number of rotatable bonds is 10. The van der Waals surface area contributed by atoms with Crippen LogP contribution in [-0.2, 0) is 19.5 Å². The number of nitrogens with one attached hydrogen (secondary N) is 1. The Kier molecular flexibility index (Phi) is 9.24. The normalized spacial score (nSPS) is 11.4. The highest BCUT2D eigenvalue weighted by Gasteiger charge is 2.25. The fourth-order valence-corrected chi connectivity index (χ4v) is 6.80. The summed E-state index contributed by atoms with van der Waals surface area (Å²) in [6.07, 6.45) is 2.34. The minimum atomic E-state index is -0.849. The average Bonchev–Trinajstić information content (AvgIpc) is 3.43. The van der Waals surface area contributed by atoms with Crippen molar-refractivity contribution in [3.63, 3.8) is 0 Å². The largest absolute Gasteiger partial charge is 0.351 e. The molecule has 244 valence electrons. The average molecular weight is 671 g/mol. The summed E-state index contributed by atoms with van der Waals surface area (Å²) in [6.45, 7) is 0.321. The van der Waals surface area contributed by atoms with E-state index in [1.165, 1.54) is 22.8 Å². The van der Waals surface area contributed by atoms with Crippen LogP contribution in [-0.4, -0.2) is 38.6 Å². The Morgan fingerprint density at radius 3 is 2.27 bits per heavy atom. The summed E-state index contributed by atoms with van der Waals surface area (Å²) in [5, 5.41) is 2.69. The van der Waals surface area contributed by atoms with Crippen LogP contribution in [0, 0.1) is 17.5 Å². The maximum Gasteiger partial charge on any atom is 0.337 e. The molecule has 0 aliphatic carbocycles. The van der Waals surface area contributed by atoms with Crippen molar-refractivity contribution in [1.29, 1.82) is 0 Å². The van der Waals surface area contributed by atoms with Gasteiger partial charge in [0.2, 0.25) is 0 Å². The van der Waals surface area contributed by atoms with Gasteiger partial charge >= 0.3 is 11.7 Å². The third-order valence-electron chi connectivity index (χ3n) is 7.85. The van der Waals surface area contributed by atoms with E-state index >= 15 is 0 Å². The van der Waals surface area contributed by atoms with E-state index in [1.54, 1.807) is 30.5 Å². The van der Waals surface area contributed by atoms with E-state index in [0.717, 1.165) is 45.9 Å². The van der Waals surface area contributed by atoms with Gasteiger partial charge < -0.3 is 16.0 Å². The van der Waals surface area contributed by atoms with Crippen LogP contribution in [0.5, 0.6) is 0 Å². The van der Waals surface area contributed by atoms with E-state index in [0.29, 0.717) is 34.7 Å². The van der Waals surface area contributed by atoms with E-state index in [2.05, 4.69) is 10.3 Å².